The van der Waals surface area contributed by atoms with Gasteiger partial charge in [0.1, 0.15) is 11.9 Å². The smallest absolute Gasteiger partial charge is 0.251 e. The highest BCUT2D eigenvalue weighted by atomic mass is 32.2. The number of carbonyl (C=O) groups excluding carboxylic acids is 3. The van der Waals surface area contributed by atoms with E-state index in [1.165, 1.54) is 30.0 Å². The van der Waals surface area contributed by atoms with Crippen LogP contribution in [0.4, 0.5) is 10.1 Å². The van der Waals surface area contributed by atoms with Crippen molar-refractivity contribution in [3.63, 3.8) is 0 Å². The van der Waals surface area contributed by atoms with Crippen LogP contribution in [0.15, 0.2) is 77.0 Å². The maximum atomic E-state index is 13.7. The Labute approximate surface area is 225 Å². The zero-order chi connectivity index (χ0) is 26.9. The second kappa shape index (κ2) is 13.2. The number of benzene rings is 3. The minimum absolute atomic E-state index is 0.126. The molecule has 9 heteroatoms. The van der Waals surface area contributed by atoms with Gasteiger partial charge in [0, 0.05) is 36.9 Å². The fourth-order valence-corrected chi connectivity index (χ4v) is 5.13. The average molecular weight is 535 g/mol. The lowest BCUT2D eigenvalue weighted by atomic mass is 10.0. The largest absolute Gasteiger partial charge is 0.354 e. The van der Waals surface area contributed by atoms with E-state index >= 15 is 0 Å². The van der Waals surface area contributed by atoms with Gasteiger partial charge in [-0.15, -0.1) is 0 Å². The topological polar surface area (TPSA) is 105 Å². The SMILES string of the molecule is NCCCNC(=O)[C@@H](Cc1ccc2ccccc2c1)NC(=O)CCCN1C(=O)C=CSc2cc(F)ccc21. The maximum absolute atomic E-state index is 13.7. The first-order chi connectivity index (χ1) is 18.4. The number of hydrogen-bond donors (Lipinski definition) is 3. The van der Waals surface area contributed by atoms with Crippen molar-refractivity contribution in [2.75, 3.05) is 24.5 Å². The Bertz CT molecular complexity index is 1350. The van der Waals surface area contributed by atoms with Crippen molar-refractivity contribution >= 4 is 45.9 Å². The van der Waals surface area contributed by atoms with Crippen LogP contribution in [0.3, 0.4) is 0 Å². The molecule has 7 nitrogen and oxygen atoms in total. The molecule has 0 unspecified atom stereocenters. The molecule has 4 N–H and O–H groups in total. The van der Waals surface area contributed by atoms with Gasteiger partial charge in [-0.3, -0.25) is 14.4 Å². The third kappa shape index (κ3) is 7.20. The normalized spacial score (nSPS) is 13.6. The molecule has 0 radical (unpaired) electrons. The van der Waals surface area contributed by atoms with Crippen LogP contribution in [0.25, 0.3) is 10.8 Å². The minimum Gasteiger partial charge on any atom is -0.354 e. The maximum Gasteiger partial charge on any atom is 0.251 e. The average Bonchev–Trinajstić information content (AvgIpc) is 3.06. The van der Waals surface area contributed by atoms with Crippen molar-refractivity contribution in [1.29, 1.82) is 0 Å². The van der Waals surface area contributed by atoms with Crippen LogP contribution in [-0.2, 0) is 20.8 Å². The highest BCUT2D eigenvalue weighted by molar-refractivity contribution is 8.02. The van der Waals surface area contributed by atoms with Gasteiger partial charge >= 0.3 is 0 Å². The molecule has 1 heterocycles. The second-order valence-corrected chi connectivity index (χ2v) is 10.0. The van der Waals surface area contributed by atoms with Crippen molar-refractivity contribution in [3.8, 4) is 0 Å². The quantitative estimate of drug-likeness (QED) is 0.324. The summed E-state index contributed by atoms with van der Waals surface area (Å²) >= 11 is 1.28. The van der Waals surface area contributed by atoms with E-state index in [4.69, 9.17) is 5.73 Å². The van der Waals surface area contributed by atoms with Crippen molar-refractivity contribution in [2.24, 2.45) is 5.73 Å². The number of anilines is 1. The van der Waals surface area contributed by atoms with Gasteiger partial charge < -0.3 is 21.3 Å². The van der Waals surface area contributed by atoms with E-state index in [2.05, 4.69) is 10.6 Å². The number of nitrogens with two attached hydrogens (primary N) is 1. The number of halogens is 1. The molecule has 0 aromatic heterocycles. The van der Waals surface area contributed by atoms with E-state index in [0.717, 1.165) is 16.3 Å². The summed E-state index contributed by atoms with van der Waals surface area (Å²) < 4.78 is 13.7. The summed E-state index contributed by atoms with van der Waals surface area (Å²) in [5.41, 5.74) is 7.10. The van der Waals surface area contributed by atoms with E-state index in [0.29, 0.717) is 42.9 Å². The van der Waals surface area contributed by atoms with Gasteiger partial charge in [-0.25, -0.2) is 4.39 Å². The second-order valence-electron chi connectivity index (χ2n) is 9.07. The third-order valence-electron chi connectivity index (χ3n) is 6.26. The predicted molar refractivity (Wildman–Crippen MR) is 149 cm³/mol. The molecule has 0 aliphatic carbocycles. The van der Waals surface area contributed by atoms with Crippen LogP contribution < -0.4 is 21.3 Å². The van der Waals surface area contributed by atoms with Crippen LogP contribution in [-0.4, -0.2) is 43.4 Å². The van der Waals surface area contributed by atoms with Gasteiger partial charge in [0.2, 0.25) is 11.8 Å². The zero-order valence-electron chi connectivity index (χ0n) is 21.0. The number of nitrogens with one attached hydrogen (secondary N) is 2. The first-order valence-corrected chi connectivity index (χ1v) is 13.5. The third-order valence-corrected chi connectivity index (χ3v) is 7.11. The molecule has 1 atom stereocenters. The molecule has 4 rings (SSSR count). The molecule has 1 aliphatic rings. The Morgan fingerprint density at radius 2 is 1.84 bits per heavy atom. The number of carbonyl (C=O) groups is 3. The molecule has 0 fully saturated rings. The Hall–Kier alpha value is -3.69. The summed E-state index contributed by atoms with van der Waals surface area (Å²) in [6.07, 6.45) is 2.93. The van der Waals surface area contributed by atoms with Crippen molar-refractivity contribution in [3.05, 3.63) is 83.5 Å². The number of rotatable bonds is 11. The van der Waals surface area contributed by atoms with Gasteiger partial charge in [-0.2, -0.15) is 0 Å². The molecule has 38 heavy (non-hydrogen) atoms. The van der Waals surface area contributed by atoms with E-state index in [1.54, 1.807) is 16.4 Å². The van der Waals surface area contributed by atoms with E-state index in [9.17, 15) is 18.8 Å². The van der Waals surface area contributed by atoms with E-state index in [-0.39, 0.29) is 36.5 Å². The number of thioether (sulfide) groups is 1. The number of hydrogen-bond acceptors (Lipinski definition) is 5. The standard InChI is InChI=1S/C29H31FN4O3S/c30-23-10-11-25-26(19-23)38-16-12-28(36)34(25)15-3-7-27(35)33-24(29(37)32-14-4-13-31)18-20-8-9-21-5-1-2-6-22(21)17-20/h1-2,5-6,8-12,16-17,19,24H,3-4,7,13-15,18,31H2,(H,32,37)(H,33,35)/t24-/m1/s1. The molecule has 1 aliphatic heterocycles. The molecule has 3 aromatic carbocycles. The van der Waals surface area contributed by atoms with Crippen LogP contribution >= 0.6 is 11.8 Å². The summed E-state index contributed by atoms with van der Waals surface area (Å²) in [7, 11) is 0. The molecule has 3 amide bonds. The van der Waals surface area contributed by atoms with E-state index in [1.807, 2.05) is 42.5 Å². The fraction of sp³-hybridized carbons (Fsp3) is 0.276. The number of amides is 3. The van der Waals surface area contributed by atoms with Gasteiger partial charge in [0.15, 0.2) is 0 Å². The molecular formula is C29H31FN4O3S. The highest BCUT2D eigenvalue weighted by Crippen LogP contribution is 2.34. The Morgan fingerprint density at radius 1 is 1.03 bits per heavy atom. The summed E-state index contributed by atoms with van der Waals surface area (Å²) in [6.45, 7) is 1.18. The molecule has 3 aromatic rings. The number of nitrogens with zero attached hydrogens (tertiary/aromatic N) is 1. The lowest BCUT2D eigenvalue weighted by Gasteiger charge is -2.23. The number of fused-ring (bicyclic) bond motifs is 2. The molecule has 0 saturated carbocycles. The zero-order valence-corrected chi connectivity index (χ0v) is 21.8. The van der Waals surface area contributed by atoms with Crippen LogP contribution in [0, 0.1) is 5.82 Å². The molecule has 0 spiro atoms. The van der Waals surface area contributed by atoms with Gasteiger partial charge in [0.05, 0.1) is 5.69 Å². The molecule has 0 bridgehead atoms. The Morgan fingerprint density at radius 3 is 2.66 bits per heavy atom. The lowest BCUT2D eigenvalue weighted by molar-refractivity contribution is -0.129. The first kappa shape index (κ1) is 27.3. The van der Waals surface area contributed by atoms with Crippen molar-refractivity contribution in [2.45, 2.75) is 36.6 Å². The highest BCUT2D eigenvalue weighted by Gasteiger charge is 2.23. The van der Waals surface area contributed by atoms with Crippen LogP contribution in [0.1, 0.15) is 24.8 Å². The van der Waals surface area contributed by atoms with Crippen molar-refractivity contribution < 1.29 is 18.8 Å². The van der Waals surface area contributed by atoms with E-state index < -0.39 is 6.04 Å². The fourth-order valence-electron chi connectivity index (χ4n) is 4.32. The summed E-state index contributed by atoms with van der Waals surface area (Å²) in [5, 5.41) is 9.53. The van der Waals surface area contributed by atoms with Crippen molar-refractivity contribution in [1.82, 2.24) is 10.6 Å². The van der Waals surface area contributed by atoms with Gasteiger partial charge in [0.25, 0.3) is 5.91 Å². The first-order valence-electron chi connectivity index (χ1n) is 12.6. The summed E-state index contributed by atoms with van der Waals surface area (Å²) in [6, 6.07) is 17.5. The minimum atomic E-state index is -0.746. The summed E-state index contributed by atoms with van der Waals surface area (Å²) in [5.74, 6) is -1.14. The van der Waals surface area contributed by atoms with Crippen LogP contribution in [0.5, 0.6) is 0 Å². The summed E-state index contributed by atoms with van der Waals surface area (Å²) in [4.78, 5) is 40.6. The molecule has 198 valence electrons. The van der Waals surface area contributed by atoms with Gasteiger partial charge in [-0.1, -0.05) is 54.2 Å². The van der Waals surface area contributed by atoms with Crippen LogP contribution in [0.2, 0.25) is 0 Å². The molecular weight excluding hydrogens is 503 g/mol. The predicted octanol–water partition coefficient (Wildman–Crippen LogP) is 3.90. The molecule has 0 saturated heterocycles. The van der Waals surface area contributed by atoms with Gasteiger partial charge in [-0.05, 0) is 59.3 Å². The Balaban J connectivity index is 1.40. The monoisotopic (exact) mass is 534 g/mol. The lowest BCUT2D eigenvalue weighted by Crippen LogP contribution is -2.48. The Kier molecular flexibility index (Phi) is 9.51.